The molecule has 1 aromatic heterocycles. The predicted octanol–water partition coefficient (Wildman–Crippen LogP) is 2.09. The van der Waals surface area contributed by atoms with E-state index in [4.69, 9.17) is 4.52 Å². The number of nitrogens with one attached hydrogen (secondary N) is 2. The topological polar surface area (TPSA) is 97.1 Å². The van der Waals surface area contributed by atoms with Crippen LogP contribution >= 0.6 is 0 Å². The summed E-state index contributed by atoms with van der Waals surface area (Å²) in [7, 11) is 0. The fourth-order valence-electron chi connectivity index (χ4n) is 2.31. The van der Waals surface area contributed by atoms with E-state index in [2.05, 4.69) is 20.8 Å². The third-order valence-corrected chi connectivity index (χ3v) is 3.67. The van der Waals surface area contributed by atoms with Crippen molar-refractivity contribution >= 4 is 11.8 Å². The first kappa shape index (κ1) is 17.3. The summed E-state index contributed by atoms with van der Waals surface area (Å²) in [6, 6.07) is 16.3. The van der Waals surface area contributed by atoms with E-state index < -0.39 is 0 Å². The molecule has 7 heteroatoms. The maximum Gasteiger partial charge on any atom is 0.251 e. The average Bonchev–Trinajstić information content (AvgIpc) is 3.12. The molecule has 0 saturated carbocycles. The van der Waals surface area contributed by atoms with Gasteiger partial charge in [0.15, 0.2) is 0 Å². The minimum Gasteiger partial charge on any atom is -0.350 e. The molecule has 0 unspecified atom stereocenters. The Morgan fingerprint density at radius 2 is 1.73 bits per heavy atom. The van der Waals surface area contributed by atoms with Crippen molar-refractivity contribution in [2.75, 3.05) is 6.54 Å². The molecule has 132 valence electrons. The van der Waals surface area contributed by atoms with E-state index in [9.17, 15) is 9.59 Å². The van der Waals surface area contributed by atoms with Gasteiger partial charge in [0.1, 0.15) is 0 Å². The molecule has 0 spiro atoms. The van der Waals surface area contributed by atoms with Crippen molar-refractivity contribution in [2.45, 2.75) is 13.5 Å². The number of amides is 2. The van der Waals surface area contributed by atoms with Crippen molar-refractivity contribution in [2.24, 2.45) is 0 Å². The summed E-state index contributed by atoms with van der Waals surface area (Å²) in [6.07, 6.45) is 0. The number of rotatable bonds is 6. The number of nitrogens with zero attached hydrogens (tertiary/aromatic N) is 2. The van der Waals surface area contributed by atoms with E-state index in [1.54, 1.807) is 31.2 Å². The summed E-state index contributed by atoms with van der Waals surface area (Å²) in [5.41, 5.74) is 2.20. The van der Waals surface area contributed by atoms with Crippen LogP contribution in [0.3, 0.4) is 0 Å². The van der Waals surface area contributed by atoms with Crippen LogP contribution in [0.15, 0.2) is 59.1 Å². The van der Waals surface area contributed by atoms with Crippen LogP contribution in [0.5, 0.6) is 0 Å². The number of carbonyl (C=O) groups excluding carboxylic acids is 2. The molecule has 0 fully saturated rings. The van der Waals surface area contributed by atoms with Gasteiger partial charge in [0, 0.05) is 24.6 Å². The molecule has 3 rings (SSSR count). The standard InChI is InChI=1S/C19H18N4O3/c1-13-22-18(23-26-13)15-7-9-16(10-8-15)19(25)21-12-17(24)20-11-14-5-3-2-4-6-14/h2-10H,11-12H2,1H3,(H,20,24)(H,21,25). The van der Waals surface area contributed by atoms with Crippen LogP contribution in [0.4, 0.5) is 0 Å². The van der Waals surface area contributed by atoms with E-state index in [0.717, 1.165) is 11.1 Å². The highest BCUT2D eigenvalue weighted by Crippen LogP contribution is 2.16. The highest BCUT2D eigenvalue weighted by molar-refractivity contribution is 5.96. The molecule has 26 heavy (non-hydrogen) atoms. The summed E-state index contributed by atoms with van der Waals surface area (Å²) >= 11 is 0. The third kappa shape index (κ3) is 4.54. The molecule has 2 aromatic carbocycles. The second kappa shape index (κ2) is 8.06. The molecule has 0 atom stereocenters. The largest absolute Gasteiger partial charge is 0.350 e. The zero-order valence-electron chi connectivity index (χ0n) is 14.2. The van der Waals surface area contributed by atoms with Crippen molar-refractivity contribution in [3.63, 3.8) is 0 Å². The first-order valence-electron chi connectivity index (χ1n) is 8.11. The Morgan fingerprint density at radius 3 is 2.38 bits per heavy atom. The fraction of sp³-hybridized carbons (Fsp3) is 0.158. The lowest BCUT2D eigenvalue weighted by atomic mass is 10.1. The maximum atomic E-state index is 12.1. The molecule has 0 radical (unpaired) electrons. The average molecular weight is 350 g/mol. The summed E-state index contributed by atoms with van der Waals surface area (Å²) in [5, 5.41) is 9.18. The van der Waals surface area contributed by atoms with Gasteiger partial charge in [-0.1, -0.05) is 47.6 Å². The zero-order valence-corrected chi connectivity index (χ0v) is 14.2. The highest BCUT2D eigenvalue weighted by Gasteiger charge is 2.10. The van der Waals surface area contributed by atoms with Gasteiger partial charge < -0.3 is 15.2 Å². The van der Waals surface area contributed by atoms with E-state index in [-0.39, 0.29) is 18.4 Å². The Morgan fingerprint density at radius 1 is 1.00 bits per heavy atom. The second-order valence-corrected chi connectivity index (χ2v) is 5.66. The van der Waals surface area contributed by atoms with Crippen molar-refractivity contribution in [3.05, 3.63) is 71.6 Å². The van der Waals surface area contributed by atoms with E-state index >= 15 is 0 Å². The van der Waals surface area contributed by atoms with Crippen LogP contribution in [-0.4, -0.2) is 28.5 Å². The van der Waals surface area contributed by atoms with Gasteiger partial charge >= 0.3 is 0 Å². The molecule has 0 aliphatic heterocycles. The van der Waals surface area contributed by atoms with Crippen LogP contribution in [0.25, 0.3) is 11.4 Å². The maximum absolute atomic E-state index is 12.1. The van der Waals surface area contributed by atoms with E-state index in [1.165, 1.54) is 0 Å². The Hall–Kier alpha value is -3.48. The minimum absolute atomic E-state index is 0.0859. The number of hydrogen-bond acceptors (Lipinski definition) is 5. The number of benzene rings is 2. The molecular formula is C19H18N4O3. The van der Waals surface area contributed by atoms with Gasteiger partial charge in [0.25, 0.3) is 5.91 Å². The van der Waals surface area contributed by atoms with Crippen LogP contribution in [0.2, 0.25) is 0 Å². The van der Waals surface area contributed by atoms with Gasteiger partial charge in [-0.25, -0.2) is 0 Å². The van der Waals surface area contributed by atoms with Gasteiger partial charge in [-0.15, -0.1) is 0 Å². The van der Waals surface area contributed by atoms with Crippen LogP contribution in [0, 0.1) is 6.92 Å². The summed E-state index contributed by atoms with van der Waals surface area (Å²) in [6.45, 7) is 2.05. The quantitative estimate of drug-likeness (QED) is 0.709. The number of carbonyl (C=O) groups is 2. The molecule has 0 aliphatic carbocycles. The van der Waals surface area contributed by atoms with Crippen LogP contribution < -0.4 is 10.6 Å². The molecule has 0 bridgehead atoms. The molecule has 3 aromatic rings. The Balaban J connectivity index is 1.49. The summed E-state index contributed by atoms with van der Waals surface area (Å²) in [5.74, 6) is 0.370. The monoisotopic (exact) mass is 350 g/mol. The molecule has 0 aliphatic rings. The van der Waals surface area contributed by atoms with Gasteiger partial charge in [-0.2, -0.15) is 4.98 Å². The molecule has 0 saturated heterocycles. The molecule has 2 N–H and O–H groups in total. The van der Waals surface area contributed by atoms with Crippen molar-refractivity contribution < 1.29 is 14.1 Å². The first-order chi connectivity index (χ1) is 12.6. The molecule has 2 amide bonds. The van der Waals surface area contributed by atoms with Crippen molar-refractivity contribution in [1.29, 1.82) is 0 Å². The van der Waals surface area contributed by atoms with E-state index in [1.807, 2.05) is 30.3 Å². The van der Waals surface area contributed by atoms with E-state index in [0.29, 0.717) is 23.8 Å². The minimum atomic E-state index is -0.323. The predicted molar refractivity (Wildman–Crippen MR) is 95.1 cm³/mol. The van der Waals surface area contributed by atoms with Crippen LogP contribution in [-0.2, 0) is 11.3 Å². The summed E-state index contributed by atoms with van der Waals surface area (Å²) in [4.78, 5) is 28.1. The number of aromatic nitrogens is 2. The highest BCUT2D eigenvalue weighted by atomic mass is 16.5. The van der Waals surface area contributed by atoms with Crippen molar-refractivity contribution in [3.8, 4) is 11.4 Å². The normalized spacial score (nSPS) is 10.3. The van der Waals surface area contributed by atoms with Gasteiger partial charge in [-0.05, 0) is 17.7 Å². The Bertz CT molecular complexity index is 889. The lowest BCUT2D eigenvalue weighted by Crippen LogP contribution is -2.36. The molecule has 7 nitrogen and oxygen atoms in total. The molecule has 1 heterocycles. The fourth-order valence-corrected chi connectivity index (χ4v) is 2.31. The lowest BCUT2D eigenvalue weighted by molar-refractivity contribution is -0.120. The Kier molecular flexibility index (Phi) is 5.38. The lowest BCUT2D eigenvalue weighted by Gasteiger charge is -2.07. The smallest absolute Gasteiger partial charge is 0.251 e. The van der Waals surface area contributed by atoms with Gasteiger partial charge in [-0.3, -0.25) is 9.59 Å². The first-order valence-corrected chi connectivity index (χ1v) is 8.11. The number of hydrogen-bond donors (Lipinski definition) is 2. The second-order valence-electron chi connectivity index (χ2n) is 5.66. The SMILES string of the molecule is Cc1nc(-c2ccc(C(=O)NCC(=O)NCc3ccccc3)cc2)no1. The van der Waals surface area contributed by atoms with Crippen molar-refractivity contribution in [1.82, 2.24) is 20.8 Å². The third-order valence-electron chi connectivity index (χ3n) is 3.67. The summed E-state index contributed by atoms with van der Waals surface area (Å²) < 4.78 is 4.93. The van der Waals surface area contributed by atoms with Gasteiger partial charge in [0.2, 0.25) is 17.6 Å². The number of aryl methyl sites for hydroxylation is 1. The Labute approximate surface area is 150 Å². The molecular weight excluding hydrogens is 332 g/mol. The zero-order chi connectivity index (χ0) is 18.4. The van der Waals surface area contributed by atoms with Crippen LogP contribution in [0.1, 0.15) is 21.8 Å². The van der Waals surface area contributed by atoms with Gasteiger partial charge in [0.05, 0.1) is 6.54 Å².